The molecular formula is C16H26ClFN2O. The monoisotopic (exact) mass is 316 g/mol. The average Bonchev–Trinajstić information content (AvgIpc) is 2.41. The molecule has 1 saturated heterocycles. The van der Waals surface area contributed by atoms with Gasteiger partial charge in [-0.2, -0.15) is 0 Å². The smallest absolute Gasteiger partial charge is 0.169 e. The first-order valence-electron chi connectivity index (χ1n) is 7.22. The minimum absolute atomic E-state index is 0. The summed E-state index contributed by atoms with van der Waals surface area (Å²) in [4.78, 5) is 2.37. The van der Waals surface area contributed by atoms with Gasteiger partial charge in [-0.05, 0) is 11.5 Å². The van der Waals surface area contributed by atoms with E-state index in [0.29, 0.717) is 5.75 Å². The van der Waals surface area contributed by atoms with Crippen LogP contribution in [0.1, 0.15) is 32.4 Å². The largest absolute Gasteiger partial charge is 0.494 e. The van der Waals surface area contributed by atoms with Gasteiger partial charge in [-0.1, -0.05) is 32.9 Å². The Kier molecular flexibility index (Phi) is 6.44. The number of hydrogen-bond acceptors (Lipinski definition) is 3. The third-order valence-electron chi connectivity index (χ3n) is 3.84. The number of rotatable bonds is 3. The molecule has 0 radical (unpaired) electrons. The van der Waals surface area contributed by atoms with Crippen molar-refractivity contribution in [1.82, 2.24) is 10.2 Å². The molecule has 1 atom stereocenters. The van der Waals surface area contributed by atoms with E-state index in [9.17, 15) is 4.39 Å². The maximum atomic E-state index is 14.6. The molecule has 5 heteroatoms. The Morgan fingerprint density at radius 1 is 1.24 bits per heavy atom. The van der Waals surface area contributed by atoms with Crippen LogP contribution in [-0.2, 0) is 0 Å². The number of nitrogens with one attached hydrogen (secondary N) is 1. The Labute approximate surface area is 133 Å². The summed E-state index contributed by atoms with van der Waals surface area (Å²) in [5.41, 5.74) is 0.698. The second-order valence-electron chi connectivity index (χ2n) is 6.42. The highest BCUT2D eigenvalue weighted by atomic mass is 35.5. The van der Waals surface area contributed by atoms with Gasteiger partial charge in [-0.15, -0.1) is 12.4 Å². The lowest BCUT2D eigenvalue weighted by Gasteiger charge is -2.42. The van der Waals surface area contributed by atoms with Crippen LogP contribution in [0.2, 0.25) is 0 Å². The van der Waals surface area contributed by atoms with Crippen molar-refractivity contribution in [3.8, 4) is 5.75 Å². The summed E-state index contributed by atoms with van der Waals surface area (Å²) < 4.78 is 19.8. The summed E-state index contributed by atoms with van der Waals surface area (Å²) in [5, 5.41) is 3.35. The molecule has 0 aliphatic carbocycles. The maximum Gasteiger partial charge on any atom is 0.169 e. The highest BCUT2D eigenvalue weighted by Crippen LogP contribution is 2.40. The highest BCUT2D eigenvalue weighted by molar-refractivity contribution is 5.85. The number of halogens is 2. The van der Waals surface area contributed by atoms with Crippen molar-refractivity contribution in [3.05, 3.63) is 29.6 Å². The summed E-state index contributed by atoms with van der Waals surface area (Å²) in [6.45, 7) is 10.3. The molecule has 1 aromatic rings. The van der Waals surface area contributed by atoms with Gasteiger partial charge in [0.15, 0.2) is 11.6 Å². The molecule has 0 amide bonds. The second kappa shape index (κ2) is 7.43. The number of piperazine rings is 1. The van der Waals surface area contributed by atoms with Crippen molar-refractivity contribution in [3.63, 3.8) is 0 Å². The number of hydrogen-bond donors (Lipinski definition) is 1. The van der Waals surface area contributed by atoms with Crippen LogP contribution in [-0.4, -0.2) is 38.2 Å². The third kappa shape index (κ3) is 4.09. The molecule has 1 heterocycles. The number of benzene rings is 1. The van der Waals surface area contributed by atoms with Crippen LogP contribution in [0.25, 0.3) is 0 Å². The van der Waals surface area contributed by atoms with E-state index < -0.39 is 0 Å². The first kappa shape index (κ1) is 18.2. The van der Waals surface area contributed by atoms with E-state index in [2.05, 4.69) is 31.0 Å². The van der Waals surface area contributed by atoms with Crippen LogP contribution in [0.4, 0.5) is 4.39 Å². The van der Waals surface area contributed by atoms with E-state index in [0.717, 1.165) is 31.7 Å². The van der Waals surface area contributed by atoms with Crippen molar-refractivity contribution in [1.29, 1.82) is 0 Å². The molecule has 2 rings (SSSR count). The predicted octanol–water partition coefficient (Wildman–Crippen LogP) is 3.25. The van der Waals surface area contributed by atoms with Crippen LogP contribution in [0.15, 0.2) is 18.2 Å². The SMILES string of the molecule is COc1cccc([C@@H](N2CCNCC2)C(C)(C)C)c1F.Cl. The first-order valence-corrected chi connectivity index (χ1v) is 7.22. The van der Waals surface area contributed by atoms with Crippen LogP contribution in [0.5, 0.6) is 5.75 Å². The van der Waals surface area contributed by atoms with Gasteiger partial charge >= 0.3 is 0 Å². The van der Waals surface area contributed by atoms with Crippen LogP contribution < -0.4 is 10.1 Å². The Balaban J connectivity index is 0.00000220. The lowest BCUT2D eigenvalue weighted by Crippen LogP contribution is -2.48. The van der Waals surface area contributed by atoms with Crippen LogP contribution >= 0.6 is 12.4 Å². The Morgan fingerprint density at radius 2 is 1.86 bits per heavy atom. The average molecular weight is 317 g/mol. The molecule has 0 aromatic heterocycles. The zero-order valence-electron chi connectivity index (χ0n) is 13.3. The molecule has 1 N–H and O–H groups in total. The van der Waals surface area contributed by atoms with Gasteiger partial charge in [-0.3, -0.25) is 4.90 Å². The molecule has 120 valence electrons. The quantitative estimate of drug-likeness (QED) is 0.926. The fourth-order valence-corrected chi connectivity index (χ4v) is 3.05. The number of ether oxygens (including phenoxy) is 1. The number of methoxy groups -OCH3 is 1. The third-order valence-corrected chi connectivity index (χ3v) is 3.84. The van der Waals surface area contributed by atoms with E-state index in [1.54, 1.807) is 6.07 Å². The Bertz CT molecular complexity index is 456. The maximum absolute atomic E-state index is 14.6. The lowest BCUT2D eigenvalue weighted by atomic mass is 9.80. The lowest BCUT2D eigenvalue weighted by molar-refractivity contribution is 0.0830. The molecule has 1 aliphatic heterocycles. The fourth-order valence-electron chi connectivity index (χ4n) is 3.05. The molecule has 0 spiro atoms. The first-order chi connectivity index (χ1) is 9.45. The van der Waals surface area contributed by atoms with E-state index in [-0.39, 0.29) is 29.7 Å². The van der Waals surface area contributed by atoms with Crippen molar-refractivity contribution in [2.45, 2.75) is 26.8 Å². The Hall–Kier alpha value is -0.840. The Morgan fingerprint density at radius 3 is 2.38 bits per heavy atom. The van der Waals surface area contributed by atoms with Crippen LogP contribution in [0.3, 0.4) is 0 Å². The van der Waals surface area contributed by atoms with Crippen LogP contribution in [0, 0.1) is 11.2 Å². The van der Waals surface area contributed by atoms with E-state index in [4.69, 9.17) is 4.74 Å². The summed E-state index contributed by atoms with van der Waals surface area (Å²) in [7, 11) is 1.51. The zero-order valence-corrected chi connectivity index (χ0v) is 14.1. The van der Waals surface area contributed by atoms with Gasteiger partial charge in [0.1, 0.15) is 0 Å². The molecule has 0 bridgehead atoms. The molecule has 0 saturated carbocycles. The van der Waals surface area contributed by atoms with E-state index >= 15 is 0 Å². The molecule has 1 aliphatic rings. The minimum Gasteiger partial charge on any atom is -0.494 e. The van der Waals surface area contributed by atoms with Gasteiger partial charge in [0, 0.05) is 37.8 Å². The minimum atomic E-state index is -0.228. The molecule has 1 aromatic carbocycles. The zero-order chi connectivity index (χ0) is 14.8. The summed E-state index contributed by atoms with van der Waals surface area (Å²) in [6.07, 6.45) is 0. The number of nitrogens with zero attached hydrogens (tertiary/aromatic N) is 1. The summed E-state index contributed by atoms with van der Waals surface area (Å²) >= 11 is 0. The molecular weight excluding hydrogens is 291 g/mol. The fraction of sp³-hybridized carbons (Fsp3) is 0.625. The van der Waals surface area contributed by atoms with Crippen molar-refractivity contribution < 1.29 is 9.13 Å². The van der Waals surface area contributed by atoms with Gasteiger partial charge in [0.2, 0.25) is 0 Å². The van der Waals surface area contributed by atoms with Gasteiger partial charge in [-0.25, -0.2) is 4.39 Å². The molecule has 21 heavy (non-hydrogen) atoms. The van der Waals surface area contributed by atoms with Crippen molar-refractivity contribution >= 4 is 12.4 Å². The second-order valence-corrected chi connectivity index (χ2v) is 6.42. The topological polar surface area (TPSA) is 24.5 Å². The summed E-state index contributed by atoms with van der Waals surface area (Å²) in [6, 6.07) is 5.49. The molecule has 1 fully saturated rings. The van der Waals surface area contributed by atoms with Gasteiger partial charge < -0.3 is 10.1 Å². The van der Waals surface area contributed by atoms with Gasteiger partial charge in [0.25, 0.3) is 0 Å². The normalized spacial score (nSPS) is 18.0. The highest BCUT2D eigenvalue weighted by Gasteiger charge is 2.34. The predicted molar refractivity (Wildman–Crippen MR) is 86.8 cm³/mol. The van der Waals surface area contributed by atoms with E-state index in [1.807, 2.05) is 12.1 Å². The standard InChI is InChI=1S/C16H25FN2O.ClH/c1-16(2,3)15(19-10-8-18-9-11-19)12-6-5-7-13(20-4)14(12)17;/h5-7,15,18H,8-11H2,1-4H3;1H/t15-;/m1./s1. The molecule has 0 unspecified atom stereocenters. The van der Waals surface area contributed by atoms with Crippen molar-refractivity contribution in [2.24, 2.45) is 5.41 Å². The van der Waals surface area contributed by atoms with Crippen molar-refractivity contribution in [2.75, 3.05) is 33.3 Å². The molecule has 3 nitrogen and oxygen atoms in total. The van der Waals surface area contributed by atoms with E-state index in [1.165, 1.54) is 7.11 Å². The summed E-state index contributed by atoms with van der Waals surface area (Å²) in [5.74, 6) is 0.0975. The van der Waals surface area contributed by atoms with Gasteiger partial charge in [0.05, 0.1) is 7.11 Å².